The number of hydrogen-bond donors (Lipinski definition) is 1. The van der Waals surface area contributed by atoms with E-state index in [1.54, 1.807) is 18.0 Å². The number of thioether (sulfide) groups is 1. The van der Waals surface area contributed by atoms with Gasteiger partial charge in [0.05, 0.1) is 17.3 Å². The van der Waals surface area contributed by atoms with Gasteiger partial charge in [0.15, 0.2) is 0 Å². The van der Waals surface area contributed by atoms with Crippen molar-refractivity contribution in [3.63, 3.8) is 0 Å². The van der Waals surface area contributed by atoms with Crippen LogP contribution in [-0.2, 0) is 16.6 Å². The van der Waals surface area contributed by atoms with Gasteiger partial charge < -0.3 is 4.79 Å². The molecule has 0 saturated heterocycles. The van der Waals surface area contributed by atoms with E-state index in [-0.39, 0.29) is 6.04 Å². The molecule has 6 heteroatoms. The van der Waals surface area contributed by atoms with Gasteiger partial charge in [0, 0.05) is 22.6 Å². The van der Waals surface area contributed by atoms with Crippen molar-refractivity contribution < 1.29 is 4.79 Å². The SMILES string of the molecule is O=CC(CSc1ccccn1)NP(=S)(c1ccccc1)c1ccccc1. The molecule has 1 N–H and O–H groups in total. The van der Waals surface area contributed by atoms with Crippen LogP contribution in [0.1, 0.15) is 0 Å². The Balaban J connectivity index is 1.85. The van der Waals surface area contributed by atoms with Crippen LogP contribution in [0.5, 0.6) is 0 Å². The van der Waals surface area contributed by atoms with E-state index in [1.807, 2.05) is 78.9 Å². The van der Waals surface area contributed by atoms with Crippen molar-refractivity contribution in [3.05, 3.63) is 85.1 Å². The van der Waals surface area contributed by atoms with E-state index in [1.165, 1.54) is 0 Å². The molecule has 3 rings (SSSR count). The zero-order chi connectivity index (χ0) is 18.2. The Bertz CT molecular complexity index is 833. The molecule has 0 fully saturated rings. The van der Waals surface area contributed by atoms with Crippen molar-refractivity contribution in [2.45, 2.75) is 11.1 Å². The van der Waals surface area contributed by atoms with Crippen molar-refractivity contribution >= 4 is 46.7 Å². The second-order valence-corrected chi connectivity index (χ2v) is 10.8. The van der Waals surface area contributed by atoms with E-state index in [0.29, 0.717) is 5.75 Å². The predicted molar refractivity (Wildman–Crippen MR) is 114 cm³/mol. The highest BCUT2D eigenvalue weighted by molar-refractivity contribution is 8.21. The second-order valence-electron chi connectivity index (χ2n) is 5.63. The molecule has 132 valence electrons. The fourth-order valence-corrected chi connectivity index (χ4v) is 7.00. The summed E-state index contributed by atoms with van der Waals surface area (Å²) in [7, 11) is 0. The van der Waals surface area contributed by atoms with Crippen LogP contribution in [0, 0.1) is 0 Å². The lowest BCUT2D eigenvalue weighted by Gasteiger charge is -2.27. The molecule has 26 heavy (non-hydrogen) atoms. The average molecular weight is 398 g/mol. The summed E-state index contributed by atoms with van der Waals surface area (Å²) in [5.41, 5.74) is 0. The van der Waals surface area contributed by atoms with E-state index >= 15 is 0 Å². The van der Waals surface area contributed by atoms with E-state index in [2.05, 4.69) is 10.1 Å². The topological polar surface area (TPSA) is 42.0 Å². The number of benzene rings is 2. The molecule has 0 radical (unpaired) electrons. The van der Waals surface area contributed by atoms with Crippen molar-refractivity contribution in [1.82, 2.24) is 10.1 Å². The number of hydrogen-bond acceptors (Lipinski definition) is 4. The quantitative estimate of drug-likeness (QED) is 0.358. The first kappa shape index (κ1) is 19.0. The third-order valence-electron chi connectivity index (χ3n) is 3.80. The number of carbonyl (C=O) groups is 1. The van der Waals surface area contributed by atoms with Gasteiger partial charge in [-0.15, -0.1) is 11.8 Å². The largest absolute Gasteiger partial charge is 0.302 e. The van der Waals surface area contributed by atoms with E-state index in [9.17, 15) is 4.79 Å². The summed E-state index contributed by atoms with van der Waals surface area (Å²) in [6.07, 6.45) is 0.402. The minimum absolute atomic E-state index is 0.353. The Morgan fingerprint density at radius 3 is 2.04 bits per heavy atom. The molecule has 1 aromatic heterocycles. The molecule has 2 aromatic carbocycles. The molecule has 1 unspecified atom stereocenters. The van der Waals surface area contributed by atoms with Crippen LogP contribution in [0.15, 0.2) is 90.1 Å². The Morgan fingerprint density at radius 2 is 1.54 bits per heavy atom. The van der Waals surface area contributed by atoms with Gasteiger partial charge in [-0.25, -0.2) is 4.98 Å². The summed E-state index contributed by atoms with van der Waals surface area (Å²) in [5.74, 6) is 0.582. The molecule has 3 aromatic rings. The van der Waals surface area contributed by atoms with Gasteiger partial charge in [0.2, 0.25) is 0 Å². The van der Waals surface area contributed by atoms with Crippen LogP contribution in [-0.4, -0.2) is 23.1 Å². The van der Waals surface area contributed by atoms with Crippen LogP contribution < -0.4 is 15.7 Å². The number of aromatic nitrogens is 1. The molecule has 0 saturated carbocycles. The van der Waals surface area contributed by atoms with Gasteiger partial charge in [-0.1, -0.05) is 78.5 Å². The maximum atomic E-state index is 11.7. The van der Waals surface area contributed by atoms with E-state index in [4.69, 9.17) is 11.8 Å². The van der Waals surface area contributed by atoms with Crippen LogP contribution in [0.25, 0.3) is 0 Å². The number of carbonyl (C=O) groups excluding carboxylic acids is 1. The molecule has 1 heterocycles. The van der Waals surface area contributed by atoms with E-state index < -0.39 is 6.19 Å². The Kier molecular flexibility index (Phi) is 6.75. The van der Waals surface area contributed by atoms with Gasteiger partial charge in [0.25, 0.3) is 0 Å². The Hall–Kier alpha value is -1.78. The first-order valence-electron chi connectivity index (χ1n) is 8.20. The molecular formula is C20H19N2OPS2. The fraction of sp³-hybridized carbons (Fsp3) is 0.100. The minimum Gasteiger partial charge on any atom is -0.302 e. The average Bonchev–Trinajstić information content (AvgIpc) is 2.73. The Labute approximate surface area is 163 Å². The number of pyridine rings is 1. The first-order valence-corrected chi connectivity index (χ1v) is 12.0. The van der Waals surface area contributed by atoms with Crippen LogP contribution in [0.2, 0.25) is 0 Å². The van der Waals surface area contributed by atoms with Crippen molar-refractivity contribution in [2.75, 3.05) is 5.75 Å². The summed E-state index contributed by atoms with van der Waals surface area (Å²) < 4.78 is 0. The minimum atomic E-state index is -2.30. The summed E-state index contributed by atoms with van der Waals surface area (Å²) in [6, 6.07) is 25.4. The molecular weight excluding hydrogens is 379 g/mol. The van der Waals surface area contributed by atoms with Crippen LogP contribution in [0.3, 0.4) is 0 Å². The third kappa shape index (κ3) is 4.68. The van der Waals surface area contributed by atoms with Gasteiger partial charge in [-0.05, 0) is 12.1 Å². The maximum Gasteiger partial charge on any atom is 0.138 e. The number of rotatable bonds is 8. The monoisotopic (exact) mass is 398 g/mol. The predicted octanol–water partition coefficient (Wildman–Crippen LogP) is 3.38. The maximum absolute atomic E-state index is 11.7. The molecule has 0 bridgehead atoms. The lowest BCUT2D eigenvalue weighted by molar-refractivity contribution is -0.108. The summed E-state index contributed by atoms with van der Waals surface area (Å²) in [4.78, 5) is 16.0. The summed E-state index contributed by atoms with van der Waals surface area (Å²) >= 11 is 7.68. The van der Waals surface area contributed by atoms with Gasteiger partial charge in [-0.2, -0.15) is 0 Å². The summed E-state index contributed by atoms with van der Waals surface area (Å²) in [6.45, 7) is 0. The van der Waals surface area contributed by atoms with Crippen molar-refractivity contribution in [2.24, 2.45) is 0 Å². The molecule has 3 nitrogen and oxygen atoms in total. The highest BCUT2D eigenvalue weighted by atomic mass is 32.4. The molecule has 0 spiro atoms. The van der Waals surface area contributed by atoms with Crippen LogP contribution >= 0.6 is 18.0 Å². The van der Waals surface area contributed by atoms with Gasteiger partial charge >= 0.3 is 0 Å². The zero-order valence-corrected chi connectivity index (χ0v) is 16.6. The second kappa shape index (κ2) is 9.24. The highest BCUT2D eigenvalue weighted by Crippen LogP contribution is 2.40. The molecule has 0 aliphatic carbocycles. The lowest BCUT2D eigenvalue weighted by atomic mass is 10.4. The van der Waals surface area contributed by atoms with Gasteiger partial charge in [0.1, 0.15) is 6.29 Å². The number of aldehydes is 1. The number of nitrogens with zero attached hydrogens (tertiary/aromatic N) is 1. The third-order valence-corrected chi connectivity index (χ3v) is 9.19. The lowest BCUT2D eigenvalue weighted by Crippen LogP contribution is -2.37. The standard InChI is InChI=1S/C20H19N2OPS2/c23-15-17(16-26-20-13-7-8-14-21-20)22-24(25,18-9-3-1-4-10-18)19-11-5-2-6-12-19/h1-15,17H,16H2,(H,22,25). The molecule has 0 aliphatic heterocycles. The highest BCUT2D eigenvalue weighted by Gasteiger charge is 2.25. The number of nitrogens with one attached hydrogen (secondary N) is 1. The molecule has 0 amide bonds. The normalized spacial score (nSPS) is 12.5. The molecule has 1 atom stereocenters. The van der Waals surface area contributed by atoms with Gasteiger partial charge in [-0.3, -0.25) is 5.09 Å². The van der Waals surface area contributed by atoms with Crippen molar-refractivity contribution in [3.8, 4) is 0 Å². The fourth-order valence-electron chi connectivity index (χ4n) is 2.52. The van der Waals surface area contributed by atoms with Crippen molar-refractivity contribution in [1.29, 1.82) is 0 Å². The summed E-state index contributed by atoms with van der Waals surface area (Å²) in [5, 5.41) is 6.49. The Morgan fingerprint density at radius 1 is 0.962 bits per heavy atom. The first-order chi connectivity index (χ1) is 12.7. The zero-order valence-electron chi connectivity index (χ0n) is 14.1. The van der Waals surface area contributed by atoms with Crippen LogP contribution in [0.4, 0.5) is 0 Å². The van der Waals surface area contributed by atoms with E-state index in [0.717, 1.165) is 21.9 Å². The smallest absolute Gasteiger partial charge is 0.138 e. The molecule has 0 aliphatic rings.